The molecule has 94 valence electrons. The van der Waals surface area contributed by atoms with Crippen molar-refractivity contribution in [1.82, 2.24) is 0 Å². The number of aryl methyl sites for hydroxylation is 1. The van der Waals surface area contributed by atoms with E-state index in [1.807, 2.05) is 0 Å². The van der Waals surface area contributed by atoms with E-state index in [2.05, 4.69) is 23.6 Å². The Balaban J connectivity index is 2.05. The Hall–Kier alpha value is -1.77. The highest BCUT2D eigenvalue weighted by molar-refractivity contribution is 6.15. The lowest BCUT2D eigenvalue weighted by molar-refractivity contribution is -0.133. The predicted molar refractivity (Wildman–Crippen MR) is 71.7 cm³/mol. The van der Waals surface area contributed by atoms with E-state index >= 15 is 0 Å². The van der Waals surface area contributed by atoms with E-state index in [1.54, 1.807) is 0 Å². The molecule has 0 saturated heterocycles. The molecule has 0 radical (unpaired) electrons. The molecule has 3 heteroatoms. The number of esters is 1. The SMILES string of the molecule is C=C(C(=O)OC)c1cc2c3c(c1)CCN3CCC2. The lowest BCUT2D eigenvalue weighted by atomic mass is 9.94. The molecule has 3 rings (SSSR count). The van der Waals surface area contributed by atoms with Gasteiger partial charge >= 0.3 is 5.97 Å². The highest BCUT2D eigenvalue weighted by Gasteiger charge is 2.26. The van der Waals surface area contributed by atoms with Crippen LogP contribution in [0.1, 0.15) is 23.1 Å². The number of anilines is 1. The van der Waals surface area contributed by atoms with Gasteiger partial charge in [-0.25, -0.2) is 4.79 Å². The molecule has 0 bridgehead atoms. The van der Waals surface area contributed by atoms with E-state index in [0.29, 0.717) is 5.57 Å². The van der Waals surface area contributed by atoms with Gasteiger partial charge in [-0.15, -0.1) is 0 Å². The first-order chi connectivity index (χ1) is 8.70. The molecule has 18 heavy (non-hydrogen) atoms. The number of rotatable bonds is 2. The first-order valence-corrected chi connectivity index (χ1v) is 6.39. The number of carbonyl (C=O) groups excluding carboxylic acids is 1. The van der Waals surface area contributed by atoms with Crippen molar-refractivity contribution in [2.45, 2.75) is 19.3 Å². The smallest absolute Gasteiger partial charge is 0.337 e. The van der Waals surface area contributed by atoms with Crippen LogP contribution >= 0.6 is 0 Å². The third-order valence-electron chi connectivity index (χ3n) is 3.89. The van der Waals surface area contributed by atoms with Crippen LogP contribution in [0.4, 0.5) is 5.69 Å². The molecule has 0 saturated carbocycles. The minimum absolute atomic E-state index is 0.340. The first kappa shape index (κ1) is 11.3. The Morgan fingerprint density at radius 1 is 1.28 bits per heavy atom. The molecule has 0 aliphatic carbocycles. The maximum absolute atomic E-state index is 11.6. The van der Waals surface area contributed by atoms with Crippen molar-refractivity contribution in [3.05, 3.63) is 35.4 Å². The predicted octanol–water partition coefficient (Wildman–Crippen LogP) is 2.18. The van der Waals surface area contributed by atoms with Crippen LogP contribution < -0.4 is 4.90 Å². The Bertz CT molecular complexity index is 534. The van der Waals surface area contributed by atoms with E-state index in [4.69, 9.17) is 4.74 Å². The van der Waals surface area contributed by atoms with Crippen LogP contribution in [-0.2, 0) is 22.4 Å². The number of nitrogens with zero attached hydrogens (tertiary/aromatic N) is 1. The molecular formula is C15H17NO2. The zero-order valence-corrected chi connectivity index (χ0v) is 10.7. The zero-order valence-electron chi connectivity index (χ0n) is 10.7. The summed E-state index contributed by atoms with van der Waals surface area (Å²) in [6.45, 7) is 6.12. The van der Waals surface area contributed by atoms with Crippen LogP contribution in [0.25, 0.3) is 5.57 Å². The molecule has 2 aliphatic heterocycles. The summed E-state index contributed by atoms with van der Waals surface area (Å²) in [5.74, 6) is -0.340. The third-order valence-corrected chi connectivity index (χ3v) is 3.89. The summed E-state index contributed by atoms with van der Waals surface area (Å²) in [7, 11) is 1.40. The Morgan fingerprint density at radius 3 is 2.72 bits per heavy atom. The topological polar surface area (TPSA) is 29.5 Å². The fraction of sp³-hybridized carbons (Fsp3) is 0.400. The number of carbonyl (C=O) groups is 1. The highest BCUT2D eigenvalue weighted by Crippen LogP contribution is 2.38. The van der Waals surface area contributed by atoms with Crippen LogP contribution in [0, 0.1) is 0 Å². The molecule has 2 heterocycles. The largest absolute Gasteiger partial charge is 0.465 e. The second kappa shape index (κ2) is 4.16. The fourth-order valence-corrected chi connectivity index (χ4v) is 3.01. The van der Waals surface area contributed by atoms with Crippen molar-refractivity contribution in [3.63, 3.8) is 0 Å². The normalized spacial score (nSPS) is 16.4. The van der Waals surface area contributed by atoms with Crippen LogP contribution in [-0.4, -0.2) is 26.2 Å². The Labute approximate surface area is 107 Å². The van der Waals surface area contributed by atoms with Crippen LogP contribution in [0.5, 0.6) is 0 Å². The molecule has 0 aromatic heterocycles. The van der Waals surface area contributed by atoms with Crippen molar-refractivity contribution in [2.75, 3.05) is 25.1 Å². The zero-order chi connectivity index (χ0) is 12.7. The summed E-state index contributed by atoms with van der Waals surface area (Å²) in [5.41, 5.74) is 5.49. The molecular weight excluding hydrogens is 226 g/mol. The quantitative estimate of drug-likeness (QED) is 0.589. The van der Waals surface area contributed by atoms with Gasteiger partial charge in [0.15, 0.2) is 0 Å². The molecule has 1 aromatic carbocycles. The van der Waals surface area contributed by atoms with Crippen LogP contribution in [0.2, 0.25) is 0 Å². The number of methoxy groups -OCH3 is 1. The Morgan fingerprint density at radius 2 is 2.00 bits per heavy atom. The third kappa shape index (κ3) is 1.62. The monoisotopic (exact) mass is 243 g/mol. The van der Waals surface area contributed by atoms with Gasteiger partial charge in [0.05, 0.1) is 12.7 Å². The summed E-state index contributed by atoms with van der Waals surface area (Å²) in [4.78, 5) is 14.0. The van der Waals surface area contributed by atoms with E-state index in [-0.39, 0.29) is 5.97 Å². The van der Waals surface area contributed by atoms with Crippen molar-refractivity contribution in [3.8, 4) is 0 Å². The van der Waals surface area contributed by atoms with Gasteiger partial charge in [0, 0.05) is 18.8 Å². The highest BCUT2D eigenvalue weighted by atomic mass is 16.5. The van der Waals surface area contributed by atoms with Crippen LogP contribution in [0.3, 0.4) is 0 Å². The van der Waals surface area contributed by atoms with E-state index in [1.165, 1.54) is 30.3 Å². The number of ether oxygens (including phenoxy) is 1. The summed E-state index contributed by atoms with van der Waals surface area (Å²) >= 11 is 0. The van der Waals surface area contributed by atoms with Crippen molar-refractivity contribution < 1.29 is 9.53 Å². The molecule has 0 N–H and O–H groups in total. The van der Waals surface area contributed by atoms with Gasteiger partial charge in [-0.2, -0.15) is 0 Å². The minimum atomic E-state index is -0.340. The van der Waals surface area contributed by atoms with Gasteiger partial charge in [0.1, 0.15) is 0 Å². The summed E-state index contributed by atoms with van der Waals surface area (Å²) in [6, 6.07) is 4.21. The molecule has 3 nitrogen and oxygen atoms in total. The van der Waals surface area contributed by atoms with Crippen molar-refractivity contribution in [2.24, 2.45) is 0 Å². The van der Waals surface area contributed by atoms with Gasteiger partial charge in [-0.05, 0) is 48.1 Å². The second-order valence-electron chi connectivity index (χ2n) is 4.95. The summed E-state index contributed by atoms with van der Waals surface area (Å²) in [5, 5.41) is 0. The maximum Gasteiger partial charge on any atom is 0.337 e. The average Bonchev–Trinajstić information content (AvgIpc) is 2.82. The van der Waals surface area contributed by atoms with Crippen LogP contribution in [0.15, 0.2) is 18.7 Å². The summed E-state index contributed by atoms with van der Waals surface area (Å²) in [6.07, 6.45) is 3.37. The minimum Gasteiger partial charge on any atom is -0.465 e. The molecule has 0 atom stereocenters. The van der Waals surface area contributed by atoms with Gasteiger partial charge in [-0.1, -0.05) is 6.58 Å². The Kier molecular flexibility index (Phi) is 2.62. The van der Waals surface area contributed by atoms with E-state index in [0.717, 1.165) is 31.5 Å². The van der Waals surface area contributed by atoms with Gasteiger partial charge in [0.2, 0.25) is 0 Å². The lowest BCUT2D eigenvalue weighted by Crippen LogP contribution is -2.26. The number of hydrogen-bond acceptors (Lipinski definition) is 3. The van der Waals surface area contributed by atoms with Crippen molar-refractivity contribution >= 4 is 17.2 Å². The van der Waals surface area contributed by atoms with Gasteiger partial charge < -0.3 is 9.64 Å². The maximum atomic E-state index is 11.6. The van der Waals surface area contributed by atoms with Crippen molar-refractivity contribution in [1.29, 1.82) is 0 Å². The second-order valence-corrected chi connectivity index (χ2v) is 4.95. The molecule has 2 aliphatic rings. The summed E-state index contributed by atoms with van der Waals surface area (Å²) < 4.78 is 4.75. The fourth-order valence-electron chi connectivity index (χ4n) is 3.01. The van der Waals surface area contributed by atoms with E-state index < -0.39 is 0 Å². The van der Waals surface area contributed by atoms with E-state index in [9.17, 15) is 4.79 Å². The average molecular weight is 243 g/mol. The molecule has 0 amide bonds. The molecule has 0 unspecified atom stereocenters. The molecule has 0 spiro atoms. The van der Waals surface area contributed by atoms with Gasteiger partial charge in [0.25, 0.3) is 0 Å². The van der Waals surface area contributed by atoms with Gasteiger partial charge in [-0.3, -0.25) is 0 Å². The standard InChI is InChI=1S/C15H17NO2/c1-10(15(17)18-2)13-8-11-4-3-6-16-7-5-12(9-13)14(11)16/h8-9H,1,3-7H2,2H3. The lowest BCUT2D eigenvalue weighted by Gasteiger charge is -2.27. The number of benzene rings is 1. The first-order valence-electron chi connectivity index (χ1n) is 6.39. The number of hydrogen-bond donors (Lipinski definition) is 0. The molecule has 0 fully saturated rings. The molecule has 1 aromatic rings.